The molecule has 0 spiro atoms. The van der Waals surface area contributed by atoms with Crippen LogP contribution in [0.4, 0.5) is 0 Å². The minimum absolute atomic E-state index is 0.641. The van der Waals surface area contributed by atoms with E-state index >= 15 is 0 Å². The number of halogens is 2. The van der Waals surface area contributed by atoms with Crippen molar-refractivity contribution in [2.75, 3.05) is 0 Å². The lowest BCUT2D eigenvalue weighted by atomic mass is 10.1. The lowest BCUT2D eigenvalue weighted by Crippen LogP contribution is -1.82. The predicted molar refractivity (Wildman–Crippen MR) is 87.8 cm³/mol. The molecule has 1 N–H and O–H groups in total. The number of H-pyrrole nitrogens is 1. The third-order valence-corrected chi connectivity index (χ3v) is 4.38. The number of nitrogens with zero attached hydrogens (tertiary/aromatic N) is 2. The van der Waals surface area contributed by atoms with Gasteiger partial charge in [0.25, 0.3) is 0 Å². The molecule has 0 saturated carbocycles. The van der Waals surface area contributed by atoms with Crippen molar-refractivity contribution in [2.45, 2.75) is 10.6 Å². The molecule has 0 atom stereocenters. The van der Waals surface area contributed by atoms with Crippen LogP contribution in [-0.2, 0) is 5.75 Å². The molecule has 1 aromatic heterocycles. The van der Waals surface area contributed by atoms with Gasteiger partial charge in [-0.2, -0.15) is 15.4 Å². The van der Waals surface area contributed by atoms with Crippen molar-refractivity contribution >= 4 is 35.0 Å². The topological polar surface area (TPSA) is 41.6 Å². The third kappa shape index (κ3) is 3.79. The number of thioether (sulfide) groups is 1. The van der Waals surface area contributed by atoms with Gasteiger partial charge in [-0.3, -0.25) is 0 Å². The number of benzene rings is 2. The minimum atomic E-state index is 0.641. The van der Waals surface area contributed by atoms with Gasteiger partial charge in [-0.25, -0.2) is 0 Å². The van der Waals surface area contributed by atoms with Gasteiger partial charge in [-0.05, 0) is 41.5 Å². The second-order valence-electron chi connectivity index (χ2n) is 4.43. The maximum absolute atomic E-state index is 6.03. The molecule has 1 heterocycles. The van der Waals surface area contributed by atoms with E-state index in [-0.39, 0.29) is 0 Å². The Labute approximate surface area is 136 Å². The van der Waals surface area contributed by atoms with Gasteiger partial charge in [-0.1, -0.05) is 35.3 Å². The van der Waals surface area contributed by atoms with Gasteiger partial charge in [0.2, 0.25) is 0 Å². The molecule has 3 nitrogen and oxygen atoms in total. The third-order valence-electron chi connectivity index (χ3n) is 2.90. The first-order valence-corrected chi connectivity index (χ1v) is 7.99. The van der Waals surface area contributed by atoms with E-state index in [1.54, 1.807) is 24.0 Å². The molecule has 0 amide bonds. The van der Waals surface area contributed by atoms with Crippen LogP contribution in [0.15, 0.2) is 53.6 Å². The summed E-state index contributed by atoms with van der Waals surface area (Å²) in [6.45, 7) is 0. The molecule has 21 heavy (non-hydrogen) atoms. The number of nitrogens with one attached hydrogen (secondary N) is 1. The van der Waals surface area contributed by atoms with Crippen LogP contribution in [0.3, 0.4) is 0 Å². The van der Waals surface area contributed by atoms with E-state index < -0.39 is 0 Å². The lowest BCUT2D eigenvalue weighted by Gasteiger charge is -2.05. The fourth-order valence-corrected chi connectivity index (χ4v) is 3.22. The number of aromatic nitrogens is 3. The molecule has 0 aliphatic heterocycles. The van der Waals surface area contributed by atoms with Crippen LogP contribution in [0.25, 0.3) is 11.1 Å². The zero-order chi connectivity index (χ0) is 14.7. The first-order valence-electron chi connectivity index (χ1n) is 6.25. The SMILES string of the molecule is Clc1cc(Cl)cc(-c2ccc(SCc3cn[nH]n3)cc2)c1. The summed E-state index contributed by atoms with van der Waals surface area (Å²) in [7, 11) is 0. The normalized spacial score (nSPS) is 10.8. The maximum atomic E-state index is 6.03. The van der Waals surface area contributed by atoms with Gasteiger partial charge < -0.3 is 0 Å². The molecule has 2 aromatic carbocycles. The monoisotopic (exact) mass is 335 g/mol. The van der Waals surface area contributed by atoms with E-state index in [0.29, 0.717) is 10.0 Å². The fourth-order valence-electron chi connectivity index (χ4n) is 1.92. The molecule has 0 fully saturated rings. The van der Waals surface area contributed by atoms with Gasteiger partial charge >= 0.3 is 0 Å². The molecule has 106 valence electrons. The molecule has 0 radical (unpaired) electrons. The van der Waals surface area contributed by atoms with Crippen molar-refractivity contribution in [3.63, 3.8) is 0 Å². The summed E-state index contributed by atoms with van der Waals surface area (Å²) in [4.78, 5) is 1.18. The largest absolute Gasteiger partial charge is 0.198 e. The summed E-state index contributed by atoms with van der Waals surface area (Å²) in [6.07, 6.45) is 1.73. The molecule has 0 bridgehead atoms. The van der Waals surface area contributed by atoms with Gasteiger partial charge in [0.15, 0.2) is 0 Å². The number of hydrogen-bond donors (Lipinski definition) is 1. The highest BCUT2D eigenvalue weighted by atomic mass is 35.5. The Balaban J connectivity index is 1.74. The van der Waals surface area contributed by atoms with Crippen molar-refractivity contribution in [2.24, 2.45) is 0 Å². The van der Waals surface area contributed by atoms with E-state index in [4.69, 9.17) is 23.2 Å². The number of aromatic amines is 1. The molecule has 0 saturated heterocycles. The average molecular weight is 336 g/mol. The first kappa shape index (κ1) is 14.4. The maximum Gasteiger partial charge on any atom is 0.0927 e. The Morgan fingerprint density at radius 2 is 1.67 bits per heavy atom. The summed E-state index contributed by atoms with van der Waals surface area (Å²) in [5, 5.41) is 11.7. The molecule has 3 rings (SSSR count). The van der Waals surface area contributed by atoms with Crippen LogP contribution in [0.1, 0.15) is 5.69 Å². The molecular formula is C15H11Cl2N3S. The van der Waals surface area contributed by atoms with Crippen molar-refractivity contribution in [1.29, 1.82) is 0 Å². The molecule has 6 heteroatoms. The predicted octanol–water partition coefficient (Wildman–Crippen LogP) is 5.07. The summed E-state index contributed by atoms with van der Waals surface area (Å²) in [5.74, 6) is 0.791. The van der Waals surface area contributed by atoms with Crippen LogP contribution in [0, 0.1) is 0 Å². The van der Waals surface area contributed by atoms with Gasteiger partial charge in [0.05, 0.1) is 11.9 Å². The van der Waals surface area contributed by atoms with Gasteiger partial charge in [-0.15, -0.1) is 11.8 Å². The Morgan fingerprint density at radius 1 is 0.952 bits per heavy atom. The zero-order valence-electron chi connectivity index (χ0n) is 10.9. The van der Waals surface area contributed by atoms with E-state index in [1.807, 2.05) is 12.1 Å². The Bertz CT molecular complexity index is 707. The van der Waals surface area contributed by atoms with Crippen LogP contribution < -0.4 is 0 Å². The second kappa shape index (κ2) is 6.52. The minimum Gasteiger partial charge on any atom is -0.198 e. The van der Waals surface area contributed by atoms with Gasteiger partial charge in [0.1, 0.15) is 0 Å². The molecular weight excluding hydrogens is 325 g/mol. The second-order valence-corrected chi connectivity index (χ2v) is 6.35. The van der Waals surface area contributed by atoms with E-state index in [2.05, 4.69) is 39.7 Å². The Hall–Kier alpha value is -1.49. The number of rotatable bonds is 4. The smallest absolute Gasteiger partial charge is 0.0927 e. The summed E-state index contributed by atoms with van der Waals surface area (Å²) < 4.78 is 0. The van der Waals surface area contributed by atoms with Crippen LogP contribution in [0.2, 0.25) is 10.0 Å². The van der Waals surface area contributed by atoms with Gasteiger partial charge in [0, 0.05) is 20.7 Å². The van der Waals surface area contributed by atoms with E-state index in [9.17, 15) is 0 Å². The van der Waals surface area contributed by atoms with E-state index in [0.717, 1.165) is 22.6 Å². The highest BCUT2D eigenvalue weighted by molar-refractivity contribution is 7.98. The molecule has 0 unspecified atom stereocenters. The molecule has 0 aliphatic carbocycles. The highest BCUT2D eigenvalue weighted by Crippen LogP contribution is 2.29. The van der Waals surface area contributed by atoms with Crippen molar-refractivity contribution in [3.05, 3.63) is 64.4 Å². The fraction of sp³-hybridized carbons (Fsp3) is 0.0667. The van der Waals surface area contributed by atoms with E-state index in [1.165, 1.54) is 4.90 Å². The molecule has 0 aliphatic rings. The van der Waals surface area contributed by atoms with Crippen molar-refractivity contribution < 1.29 is 0 Å². The van der Waals surface area contributed by atoms with Crippen LogP contribution in [-0.4, -0.2) is 15.4 Å². The highest BCUT2D eigenvalue weighted by Gasteiger charge is 2.03. The summed E-state index contributed by atoms with van der Waals surface area (Å²) in [5.41, 5.74) is 3.04. The number of hydrogen-bond acceptors (Lipinski definition) is 3. The standard InChI is InChI=1S/C15H11Cl2N3S/c16-12-5-11(6-13(17)7-12)10-1-3-15(4-2-10)21-9-14-8-18-20-19-14/h1-8H,9H2,(H,18,19,20). The average Bonchev–Trinajstić information content (AvgIpc) is 2.98. The van der Waals surface area contributed by atoms with Crippen LogP contribution in [0.5, 0.6) is 0 Å². The van der Waals surface area contributed by atoms with Crippen molar-refractivity contribution in [1.82, 2.24) is 15.4 Å². The van der Waals surface area contributed by atoms with Crippen LogP contribution >= 0.6 is 35.0 Å². The quantitative estimate of drug-likeness (QED) is 0.676. The summed E-state index contributed by atoms with van der Waals surface area (Å²) in [6, 6.07) is 13.8. The zero-order valence-corrected chi connectivity index (χ0v) is 13.2. The molecule has 3 aromatic rings. The Kier molecular flexibility index (Phi) is 4.48. The summed E-state index contributed by atoms with van der Waals surface area (Å²) >= 11 is 13.8. The first-order chi connectivity index (χ1) is 10.2. The Morgan fingerprint density at radius 3 is 2.29 bits per heavy atom. The van der Waals surface area contributed by atoms with Crippen molar-refractivity contribution in [3.8, 4) is 11.1 Å². The lowest BCUT2D eigenvalue weighted by molar-refractivity contribution is 0.926.